The Morgan fingerprint density at radius 1 is 1.44 bits per heavy atom. The quantitative estimate of drug-likeness (QED) is 0.649. The van der Waals surface area contributed by atoms with Crippen molar-refractivity contribution in [3.8, 4) is 0 Å². The predicted octanol–water partition coefficient (Wildman–Crippen LogP) is 2.67. The zero-order valence-corrected chi connectivity index (χ0v) is 18.3. The van der Waals surface area contributed by atoms with Gasteiger partial charge in [-0.1, -0.05) is 33.8 Å². The van der Waals surface area contributed by atoms with Crippen LogP contribution in [-0.2, 0) is 28.1 Å². The van der Waals surface area contributed by atoms with Crippen LogP contribution in [0.5, 0.6) is 0 Å². The van der Waals surface area contributed by atoms with Gasteiger partial charge in [-0.2, -0.15) is 0 Å². The Labute approximate surface area is 171 Å². The van der Waals surface area contributed by atoms with Crippen molar-refractivity contribution in [2.75, 3.05) is 16.8 Å². The highest BCUT2D eigenvalue weighted by Gasteiger charge is 2.29. The Morgan fingerprint density at radius 3 is 2.89 bits per heavy atom. The number of sulfone groups is 1. The van der Waals surface area contributed by atoms with Gasteiger partial charge in [0.1, 0.15) is 5.82 Å². The normalized spacial score (nSPS) is 19.7. The summed E-state index contributed by atoms with van der Waals surface area (Å²) < 4.78 is 26.0. The lowest BCUT2D eigenvalue weighted by Crippen LogP contribution is -2.22. The van der Waals surface area contributed by atoms with Gasteiger partial charge in [0.05, 0.1) is 16.8 Å². The van der Waals surface area contributed by atoms with E-state index in [2.05, 4.69) is 31.4 Å². The molecule has 1 aliphatic heterocycles. The fraction of sp³-hybridized carbons (Fsp3) is 0.471. The van der Waals surface area contributed by atoms with Crippen LogP contribution in [0.1, 0.15) is 19.2 Å². The minimum atomic E-state index is -2.90. The molecule has 1 saturated heterocycles. The highest BCUT2D eigenvalue weighted by Crippen LogP contribution is 2.26. The SMILES string of the molecule is CC(Sc1nnc(CC2CCS(=O)(=O)C2)n1C)C(=O)Nc1cccc(Br)c1. The number of carbonyl (C=O) groups excluding carboxylic acids is 1. The molecule has 0 spiro atoms. The van der Waals surface area contributed by atoms with Crippen LogP contribution in [0.2, 0.25) is 0 Å². The van der Waals surface area contributed by atoms with Crippen molar-refractivity contribution in [1.29, 1.82) is 0 Å². The van der Waals surface area contributed by atoms with Gasteiger partial charge >= 0.3 is 0 Å². The summed E-state index contributed by atoms with van der Waals surface area (Å²) in [7, 11) is -1.06. The topological polar surface area (TPSA) is 93.9 Å². The monoisotopic (exact) mass is 472 g/mol. The first-order valence-corrected chi connectivity index (χ1v) is 12.0. The lowest BCUT2D eigenvalue weighted by Gasteiger charge is -2.12. The number of amides is 1. The average molecular weight is 473 g/mol. The van der Waals surface area contributed by atoms with Crippen molar-refractivity contribution in [3.63, 3.8) is 0 Å². The van der Waals surface area contributed by atoms with Crippen molar-refractivity contribution in [1.82, 2.24) is 14.8 Å². The van der Waals surface area contributed by atoms with Crippen molar-refractivity contribution in [2.24, 2.45) is 13.0 Å². The molecule has 0 radical (unpaired) electrons. The summed E-state index contributed by atoms with van der Waals surface area (Å²) in [5.41, 5.74) is 0.725. The predicted molar refractivity (Wildman–Crippen MR) is 110 cm³/mol. The maximum Gasteiger partial charge on any atom is 0.237 e. The Hall–Kier alpha value is -1.39. The second-order valence-corrected chi connectivity index (χ2v) is 11.1. The van der Waals surface area contributed by atoms with Gasteiger partial charge in [-0.15, -0.1) is 10.2 Å². The zero-order valence-electron chi connectivity index (χ0n) is 15.1. The molecular formula is C17H21BrN4O3S2. The third kappa shape index (κ3) is 5.32. The molecule has 146 valence electrons. The first kappa shape index (κ1) is 20.3. The molecule has 1 aromatic carbocycles. The number of thioether (sulfide) groups is 1. The largest absolute Gasteiger partial charge is 0.325 e. The van der Waals surface area contributed by atoms with Crippen LogP contribution in [0, 0.1) is 5.92 Å². The van der Waals surface area contributed by atoms with E-state index in [-0.39, 0.29) is 28.6 Å². The minimum absolute atomic E-state index is 0.0907. The molecule has 2 unspecified atom stereocenters. The number of benzene rings is 1. The average Bonchev–Trinajstić information content (AvgIpc) is 3.11. The van der Waals surface area contributed by atoms with Crippen LogP contribution < -0.4 is 5.32 Å². The van der Waals surface area contributed by atoms with Gasteiger partial charge in [0.25, 0.3) is 0 Å². The first-order chi connectivity index (χ1) is 12.7. The summed E-state index contributed by atoms with van der Waals surface area (Å²) in [6.45, 7) is 1.82. The number of nitrogens with one attached hydrogen (secondary N) is 1. The summed E-state index contributed by atoms with van der Waals surface area (Å²) in [6, 6.07) is 7.42. The van der Waals surface area contributed by atoms with E-state index < -0.39 is 9.84 Å². The molecular weight excluding hydrogens is 452 g/mol. The summed E-state index contributed by atoms with van der Waals surface area (Å²) in [6.07, 6.45) is 1.25. The molecule has 0 aliphatic carbocycles. The lowest BCUT2D eigenvalue weighted by atomic mass is 10.1. The Morgan fingerprint density at radius 2 is 2.22 bits per heavy atom. The van der Waals surface area contributed by atoms with Crippen molar-refractivity contribution in [3.05, 3.63) is 34.6 Å². The van der Waals surface area contributed by atoms with E-state index in [9.17, 15) is 13.2 Å². The fourth-order valence-corrected chi connectivity index (χ4v) is 6.03. The second-order valence-electron chi connectivity index (χ2n) is 6.69. The van der Waals surface area contributed by atoms with E-state index >= 15 is 0 Å². The molecule has 1 aliphatic rings. The number of nitrogens with zero attached hydrogens (tertiary/aromatic N) is 3. The zero-order chi connectivity index (χ0) is 19.6. The van der Waals surface area contributed by atoms with E-state index in [1.807, 2.05) is 42.8 Å². The van der Waals surface area contributed by atoms with Gasteiger partial charge in [0.15, 0.2) is 15.0 Å². The standard InChI is InChI=1S/C17H21BrN4O3S2/c1-11(16(23)19-14-5-3-4-13(18)9-14)26-17-21-20-15(22(17)2)8-12-6-7-27(24,25)10-12/h3-5,9,11-12H,6-8,10H2,1-2H3,(H,19,23). The second kappa shape index (κ2) is 8.32. The molecule has 2 aromatic rings. The van der Waals surface area contributed by atoms with Crippen molar-refractivity contribution >= 4 is 49.1 Å². The number of anilines is 1. The van der Waals surface area contributed by atoms with Crippen LogP contribution in [-0.4, -0.2) is 45.8 Å². The number of hydrogen-bond donors (Lipinski definition) is 1. The first-order valence-electron chi connectivity index (χ1n) is 8.55. The molecule has 7 nitrogen and oxygen atoms in total. The van der Waals surface area contributed by atoms with E-state index in [4.69, 9.17) is 0 Å². The molecule has 0 bridgehead atoms. The van der Waals surface area contributed by atoms with Gasteiger partial charge in [0.2, 0.25) is 5.91 Å². The van der Waals surface area contributed by atoms with Crippen LogP contribution >= 0.6 is 27.7 Å². The molecule has 0 saturated carbocycles. The Kier molecular flexibility index (Phi) is 6.27. The molecule has 10 heteroatoms. The van der Waals surface area contributed by atoms with Gasteiger partial charge in [-0.3, -0.25) is 4.79 Å². The van der Waals surface area contributed by atoms with Crippen LogP contribution in [0.15, 0.2) is 33.9 Å². The van der Waals surface area contributed by atoms with E-state index in [1.54, 1.807) is 0 Å². The maximum atomic E-state index is 12.4. The van der Waals surface area contributed by atoms with Gasteiger partial charge in [-0.05, 0) is 37.5 Å². The molecule has 1 aromatic heterocycles. The molecule has 1 amide bonds. The number of aromatic nitrogens is 3. The highest BCUT2D eigenvalue weighted by atomic mass is 79.9. The third-order valence-electron chi connectivity index (χ3n) is 4.47. The third-order valence-corrected chi connectivity index (χ3v) is 7.93. The molecule has 2 heterocycles. The number of halogens is 1. The minimum Gasteiger partial charge on any atom is -0.325 e. The molecule has 1 N–H and O–H groups in total. The van der Waals surface area contributed by atoms with E-state index in [1.165, 1.54) is 11.8 Å². The molecule has 1 fully saturated rings. The fourth-order valence-electron chi connectivity index (χ4n) is 2.94. The molecule has 3 rings (SSSR count). The van der Waals surface area contributed by atoms with Crippen LogP contribution in [0.4, 0.5) is 5.69 Å². The van der Waals surface area contributed by atoms with E-state index in [0.29, 0.717) is 18.0 Å². The smallest absolute Gasteiger partial charge is 0.237 e. The Balaban J connectivity index is 1.60. The highest BCUT2D eigenvalue weighted by molar-refractivity contribution is 9.10. The molecule has 2 atom stereocenters. The Bertz CT molecular complexity index is 945. The van der Waals surface area contributed by atoms with Gasteiger partial charge in [-0.25, -0.2) is 8.42 Å². The molecule has 27 heavy (non-hydrogen) atoms. The number of hydrogen-bond acceptors (Lipinski definition) is 6. The van der Waals surface area contributed by atoms with Gasteiger partial charge in [0, 0.05) is 23.6 Å². The van der Waals surface area contributed by atoms with E-state index in [0.717, 1.165) is 16.0 Å². The summed E-state index contributed by atoms with van der Waals surface area (Å²) >= 11 is 4.71. The van der Waals surface area contributed by atoms with Crippen molar-refractivity contribution < 1.29 is 13.2 Å². The lowest BCUT2D eigenvalue weighted by molar-refractivity contribution is -0.115. The van der Waals surface area contributed by atoms with Gasteiger partial charge < -0.3 is 9.88 Å². The summed E-state index contributed by atoms with van der Waals surface area (Å²) in [5, 5.41) is 11.5. The van der Waals surface area contributed by atoms with Crippen molar-refractivity contribution in [2.45, 2.75) is 30.2 Å². The number of carbonyl (C=O) groups is 1. The summed E-state index contributed by atoms with van der Waals surface area (Å²) in [5.74, 6) is 1.19. The van der Waals surface area contributed by atoms with Crippen LogP contribution in [0.3, 0.4) is 0 Å². The van der Waals surface area contributed by atoms with Crippen LogP contribution in [0.25, 0.3) is 0 Å². The summed E-state index contributed by atoms with van der Waals surface area (Å²) in [4.78, 5) is 12.4. The number of rotatable bonds is 6. The maximum absolute atomic E-state index is 12.4.